The Kier molecular flexibility index (Phi) is 9.21. The van der Waals surface area contributed by atoms with Crippen molar-refractivity contribution >= 4 is 35.6 Å². The summed E-state index contributed by atoms with van der Waals surface area (Å²) in [5.41, 5.74) is 0.697. The van der Waals surface area contributed by atoms with Crippen LogP contribution in [0.1, 0.15) is 36.0 Å². The van der Waals surface area contributed by atoms with Crippen molar-refractivity contribution in [2.24, 2.45) is 5.92 Å². The van der Waals surface area contributed by atoms with E-state index >= 15 is 0 Å². The number of carbonyl (C=O) groups is 2. The molecule has 2 N–H and O–H groups in total. The SMILES string of the molecule is CNCC1CCN(C(=O)CCCNC(=O)c2ccsc2)CC1.Cl. The van der Waals surface area contributed by atoms with E-state index in [1.54, 1.807) is 6.07 Å². The number of hydrogen-bond acceptors (Lipinski definition) is 4. The molecule has 0 aliphatic carbocycles. The van der Waals surface area contributed by atoms with Crippen LogP contribution < -0.4 is 10.6 Å². The first kappa shape index (κ1) is 19.9. The molecule has 0 radical (unpaired) electrons. The number of carbonyl (C=O) groups excluding carboxylic acids is 2. The van der Waals surface area contributed by atoms with Crippen molar-refractivity contribution in [1.29, 1.82) is 0 Å². The van der Waals surface area contributed by atoms with Gasteiger partial charge in [0, 0.05) is 37.0 Å². The van der Waals surface area contributed by atoms with Crippen LogP contribution in [0.5, 0.6) is 0 Å². The van der Waals surface area contributed by atoms with E-state index in [1.807, 2.05) is 22.7 Å². The van der Waals surface area contributed by atoms with Gasteiger partial charge in [-0.05, 0) is 50.2 Å². The van der Waals surface area contributed by atoms with Crippen LogP contribution in [0.2, 0.25) is 0 Å². The quantitative estimate of drug-likeness (QED) is 0.733. The Morgan fingerprint density at radius 3 is 2.70 bits per heavy atom. The fourth-order valence-electron chi connectivity index (χ4n) is 2.77. The van der Waals surface area contributed by atoms with Crippen molar-refractivity contribution in [3.8, 4) is 0 Å². The summed E-state index contributed by atoms with van der Waals surface area (Å²) < 4.78 is 0. The molecule has 0 aromatic carbocycles. The topological polar surface area (TPSA) is 61.4 Å². The lowest BCUT2D eigenvalue weighted by Crippen LogP contribution is -2.40. The lowest BCUT2D eigenvalue weighted by molar-refractivity contribution is -0.132. The number of piperidine rings is 1. The first-order valence-corrected chi connectivity index (χ1v) is 8.87. The third-order valence-electron chi connectivity index (χ3n) is 4.10. The van der Waals surface area contributed by atoms with E-state index in [-0.39, 0.29) is 24.2 Å². The molecule has 1 aromatic rings. The number of nitrogens with one attached hydrogen (secondary N) is 2. The highest BCUT2D eigenvalue weighted by molar-refractivity contribution is 7.08. The number of thiophene rings is 1. The summed E-state index contributed by atoms with van der Waals surface area (Å²) in [6.07, 6.45) is 3.38. The van der Waals surface area contributed by atoms with Crippen LogP contribution in [0.4, 0.5) is 0 Å². The van der Waals surface area contributed by atoms with E-state index in [9.17, 15) is 9.59 Å². The molecule has 5 nitrogen and oxygen atoms in total. The molecule has 1 aromatic heterocycles. The minimum Gasteiger partial charge on any atom is -0.352 e. The third kappa shape index (κ3) is 6.49. The predicted octanol–water partition coefficient (Wildman–Crippen LogP) is 2.14. The molecule has 0 unspecified atom stereocenters. The lowest BCUT2D eigenvalue weighted by atomic mass is 9.96. The van der Waals surface area contributed by atoms with Crippen LogP contribution in [0.15, 0.2) is 16.8 Å². The van der Waals surface area contributed by atoms with Gasteiger partial charge in [-0.2, -0.15) is 11.3 Å². The van der Waals surface area contributed by atoms with Crippen LogP contribution in [-0.4, -0.2) is 49.9 Å². The standard InChI is InChI=1S/C16H25N3O2S.ClH/c1-17-11-13-4-8-19(9-5-13)15(20)3-2-7-18-16(21)14-6-10-22-12-14;/h6,10,12-13,17H,2-5,7-9,11H2,1H3,(H,18,21);1H. The predicted molar refractivity (Wildman–Crippen MR) is 96.4 cm³/mol. The summed E-state index contributed by atoms with van der Waals surface area (Å²) in [6.45, 7) is 3.33. The van der Waals surface area contributed by atoms with Crippen LogP contribution in [-0.2, 0) is 4.79 Å². The third-order valence-corrected chi connectivity index (χ3v) is 4.78. The van der Waals surface area contributed by atoms with Crippen molar-refractivity contribution in [2.75, 3.05) is 33.2 Å². The van der Waals surface area contributed by atoms with E-state index in [0.717, 1.165) is 32.5 Å². The molecule has 7 heteroatoms. The van der Waals surface area contributed by atoms with Gasteiger partial charge in [-0.25, -0.2) is 0 Å². The van der Waals surface area contributed by atoms with Crippen LogP contribution in [0.25, 0.3) is 0 Å². The van der Waals surface area contributed by atoms with E-state index < -0.39 is 0 Å². The zero-order chi connectivity index (χ0) is 15.8. The average molecular weight is 360 g/mol. The number of nitrogens with zero attached hydrogens (tertiary/aromatic N) is 1. The van der Waals surface area contributed by atoms with Gasteiger partial charge in [-0.3, -0.25) is 9.59 Å². The van der Waals surface area contributed by atoms with Gasteiger partial charge in [-0.1, -0.05) is 0 Å². The second-order valence-electron chi connectivity index (χ2n) is 5.75. The molecule has 1 aliphatic rings. The Morgan fingerprint density at radius 2 is 2.09 bits per heavy atom. The van der Waals surface area contributed by atoms with E-state index in [0.29, 0.717) is 30.9 Å². The minimum absolute atomic E-state index is 0. The number of halogens is 1. The van der Waals surface area contributed by atoms with Gasteiger partial charge < -0.3 is 15.5 Å². The van der Waals surface area contributed by atoms with Gasteiger partial charge >= 0.3 is 0 Å². The summed E-state index contributed by atoms with van der Waals surface area (Å²) in [6, 6.07) is 1.81. The number of likely N-dealkylation sites (tertiary alicyclic amines) is 1. The van der Waals surface area contributed by atoms with Crippen molar-refractivity contribution in [1.82, 2.24) is 15.5 Å². The number of rotatable bonds is 7. The van der Waals surface area contributed by atoms with Crippen LogP contribution in [0, 0.1) is 5.92 Å². The van der Waals surface area contributed by atoms with Gasteiger partial charge in [0.15, 0.2) is 0 Å². The van der Waals surface area contributed by atoms with Crippen LogP contribution in [0.3, 0.4) is 0 Å². The van der Waals surface area contributed by atoms with Crippen LogP contribution >= 0.6 is 23.7 Å². The van der Waals surface area contributed by atoms with E-state index in [1.165, 1.54) is 11.3 Å². The zero-order valence-electron chi connectivity index (χ0n) is 13.5. The summed E-state index contributed by atoms with van der Waals surface area (Å²) in [4.78, 5) is 25.8. The fourth-order valence-corrected chi connectivity index (χ4v) is 3.41. The molecule has 1 aliphatic heterocycles. The van der Waals surface area contributed by atoms with Gasteiger partial charge in [0.2, 0.25) is 5.91 Å². The number of hydrogen-bond donors (Lipinski definition) is 2. The molecule has 1 fully saturated rings. The molecular weight excluding hydrogens is 334 g/mol. The van der Waals surface area contributed by atoms with Gasteiger partial charge in [0.1, 0.15) is 0 Å². The van der Waals surface area contributed by atoms with E-state index in [4.69, 9.17) is 0 Å². The second kappa shape index (κ2) is 10.6. The maximum atomic E-state index is 12.1. The Bertz CT molecular complexity index is 474. The molecule has 0 saturated carbocycles. The molecule has 2 amide bonds. The summed E-state index contributed by atoms with van der Waals surface area (Å²) in [5.74, 6) is 0.855. The Balaban J connectivity index is 0.00000264. The first-order chi connectivity index (χ1) is 10.7. The second-order valence-corrected chi connectivity index (χ2v) is 6.53. The molecule has 23 heavy (non-hydrogen) atoms. The summed E-state index contributed by atoms with van der Waals surface area (Å²) in [7, 11) is 1.97. The smallest absolute Gasteiger partial charge is 0.252 e. The Hall–Kier alpha value is -1.11. The molecule has 2 heterocycles. The molecule has 2 rings (SSSR count). The van der Waals surface area contributed by atoms with Crippen molar-refractivity contribution in [3.63, 3.8) is 0 Å². The fraction of sp³-hybridized carbons (Fsp3) is 0.625. The molecule has 0 spiro atoms. The summed E-state index contributed by atoms with van der Waals surface area (Å²) in [5, 5.41) is 9.77. The van der Waals surface area contributed by atoms with Crippen molar-refractivity contribution in [2.45, 2.75) is 25.7 Å². The maximum Gasteiger partial charge on any atom is 0.252 e. The van der Waals surface area contributed by atoms with Gasteiger partial charge in [0.25, 0.3) is 5.91 Å². The highest BCUT2D eigenvalue weighted by Crippen LogP contribution is 2.17. The largest absolute Gasteiger partial charge is 0.352 e. The Labute approximate surface area is 148 Å². The van der Waals surface area contributed by atoms with Crippen molar-refractivity contribution < 1.29 is 9.59 Å². The van der Waals surface area contributed by atoms with Gasteiger partial charge in [-0.15, -0.1) is 12.4 Å². The average Bonchev–Trinajstić information content (AvgIpc) is 3.06. The number of amides is 2. The summed E-state index contributed by atoms with van der Waals surface area (Å²) >= 11 is 1.51. The monoisotopic (exact) mass is 359 g/mol. The maximum absolute atomic E-state index is 12.1. The minimum atomic E-state index is -0.0541. The lowest BCUT2D eigenvalue weighted by Gasteiger charge is -2.32. The zero-order valence-corrected chi connectivity index (χ0v) is 15.2. The normalized spacial score (nSPS) is 15.1. The van der Waals surface area contributed by atoms with Gasteiger partial charge in [0.05, 0.1) is 0 Å². The highest BCUT2D eigenvalue weighted by atomic mass is 35.5. The molecule has 0 atom stereocenters. The molecule has 1 saturated heterocycles. The molecule has 0 bridgehead atoms. The Morgan fingerprint density at radius 1 is 1.35 bits per heavy atom. The molecular formula is C16H26ClN3O2S. The first-order valence-electron chi connectivity index (χ1n) is 7.93. The molecule has 130 valence electrons. The van der Waals surface area contributed by atoms with E-state index in [2.05, 4.69) is 10.6 Å². The van der Waals surface area contributed by atoms with Crippen molar-refractivity contribution in [3.05, 3.63) is 22.4 Å². The highest BCUT2D eigenvalue weighted by Gasteiger charge is 2.21.